The number of halogens is 3. The van der Waals surface area contributed by atoms with E-state index in [1.807, 2.05) is 6.92 Å². The van der Waals surface area contributed by atoms with Gasteiger partial charge in [0.1, 0.15) is 18.7 Å². The molecular formula is C11H12BF3KN3O. The van der Waals surface area contributed by atoms with Crippen LogP contribution in [0.5, 0.6) is 5.75 Å². The van der Waals surface area contributed by atoms with Crippen molar-refractivity contribution >= 4 is 12.4 Å². The van der Waals surface area contributed by atoms with Crippen LogP contribution in [0.15, 0.2) is 30.6 Å². The Balaban J connectivity index is 0.00000200. The molecular weight excluding hydrogens is 297 g/mol. The van der Waals surface area contributed by atoms with Gasteiger partial charge in [-0.2, -0.15) is 5.10 Å². The van der Waals surface area contributed by atoms with Crippen molar-refractivity contribution in [3.63, 3.8) is 0 Å². The summed E-state index contributed by atoms with van der Waals surface area (Å²) in [6, 6.07) is 4.83. The van der Waals surface area contributed by atoms with E-state index in [1.54, 1.807) is 4.68 Å². The third-order valence-corrected chi connectivity index (χ3v) is 2.60. The zero-order valence-corrected chi connectivity index (χ0v) is 14.4. The van der Waals surface area contributed by atoms with Gasteiger partial charge in [0.25, 0.3) is 0 Å². The molecule has 4 nitrogen and oxygen atoms in total. The van der Waals surface area contributed by atoms with Crippen LogP contribution in [0.3, 0.4) is 0 Å². The molecule has 0 N–H and O–H groups in total. The molecule has 1 heterocycles. The van der Waals surface area contributed by atoms with E-state index in [2.05, 4.69) is 10.1 Å². The van der Waals surface area contributed by atoms with E-state index in [1.165, 1.54) is 18.5 Å². The predicted octanol–water partition coefficient (Wildman–Crippen LogP) is -1.06. The van der Waals surface area contributed by atoms with Crippen molar-refractivity contribution in [3.05, 3.63) is 36.4 Å². The predicted molar refractivity (Wildman–Crippen MR) is 65.2 cm³/mol. The van der Waals surface area contributed by atoms with E-state index in [-0.39, 0.29) is 63.7 Å². The minimum Gasteiger partial charge on any atom is -0.486 e. The Kier molecular flexibility index (Phi) is 6.73. The van der Waals surface area contributed by atoms with Crippen LogP contribution in [0.25, 0.3) is 0 Å². The van der Waals surface area contributed by atoms with E-state index in [0.29, 0.717) is 12.4 Å². The first-order valence-corrected chi connectivity index (χ1v) is 5.80. The summed E-state index contributed by atoms with van der Waals surface area (Å²) < 4.78 is 44.7. The molecule has 1 aromatic carbocycles. The van der Waals surface area contributed by atoms with Crippen molar-refractivity contribution < 1.29 is 69.1 Å². The fourth-order valence-corrected chi connectivity index (χ4v) is 1.62. The molecule has 2 rings (SSSR count). The van der Waals surface area contributed by atoms with Crippen molar-refractivity contribution in [2.24, 2.45) is 0 Å². The van der Waals surface area contributed by atoms with Crippen LogP contribution in [-0.4, -0.2) is 21.7 Å². The zero-order chi connectivity index (χ0) is 13.9. The zero-order valence-electron chi connectivity index (χ0n) is 11.3. The normalized spacial score (nSPS) is 11.0. The fourth-order valence-electron chi connectivity index (χ4n) is 1.62. The van der Waals surface area contributed by atoms with Crippen molar-refractivity contribution in [2.75, 3.05) is 0 Å². The number of hydrogen-bond donors (Lipinski definition) is 0. The van der Waals surface area contributed by atoms with Gasteiger partial charge >= 0.3 is 58.4 Å². The Morgan fingerprint density at radius 3 is 2.70 bits per heavy atom. The van der Waals surface area contributed by atoms with E-state index in [0.717, 1.165) is 12.1 Å². The largest absolute Gasteiger partial charge is 1.00 e. The van der Waals surface area contributed by atoms with Crippen LogP contribution in [0, 0.1) is 0 Å². The van der Waals surface area contributed by atoms with Gasteiger partial charge in [0.05, 0.1) is 0 Å². The average molecular weight is 309 g/mol. The van der Waals surface area contributed by atoms with Crippen LogP contribution < -0.4 is 61.6 Å². The monoisotopic (exact) mass is 309 g/mol. The average Bonchev–Trinajstić information content (AvgIpc) is 2.83. The van der Waals surface area contributed by atoms with Crippen LogP contribution >= 0.6 is 0 Å². The molecule has 0 aliphatic heterocycles. The van der Waals surface area contributed by atoms with Gasteiger partial charge in [0.2, 0.25) is 0 Å². The van der Waals surface area contributed by atoms with E-state index in [4.69, 9.17) is 4.74 Å². The van der Waals surface area contributed by atoms with Crippen LogP contribution in [0.2, 0.25) is 0 Å². The van der Waals surface area contributed by atoms with Gasteiger partial charge in [0, 0.05) is 6.54 Å². The van der Waals surface area contributed by atoms with Crippen LogP contribution in [0.1, 0.15) is 12.7 Å². The second-order valence-electron chi connectivity index (χ2n) is 3.93. The van der Waals surface area contributed by atoms with Crippen LogP contribution in [0.4, 0.5) is 12.9 Å². The molecule has 102 valence electrons. The molecule has 0 aliphatic rings. The third kappa shape index (κ3) is 4.59. The van der Waals surface area contributed by atoms with Crippen LogP contribution in [-0.2, 0) is 13.2 Å². The number of benzene rings is 1. The van der Waals surface area contributed by atoms with Gasteiger partial charge in [-0.3, -0.25) is 0 Å². The maximum atomic E-state index is 12.6. The Morgan fingerprint density at radius 2 is 2.05 bits per heavy atom. The van der Waals surface area contributed by atoms with Gasteiger partial charge in [-0.15, -0.1) is 5.46 Å². The van der Waals surface area contributed by atoms with Gasteiger partial charge < -0.3 is 17.7 Å². The molecule has 0 aliphatic carbocycles. The molecule has 2 aromatic rings. The van der Waals surface area contributed by atoms with Gasteiger partial charge in [0.15, 0.2) is 5.82 Å². The summed E-state index contributed by atoms with van der Waals surface area (Å²) in [6.07, 6.45) is 1.39. The maximum absolute atomic E-state index is 12.6. The van der Waals surface area contributed by atoms with Crippen molar-refractivity contribution in [1.29, 1.82) is 0 Å². The summed E-state index contributed by atoms with van der Waals surface area (Å²) in [7, 11) is 0. The first-order valence-electron chi connectivity index (χ1n) is 5.80. The molecule has 1 aromatic heterocycles. The summed E-state index contributed by atoms with van der Waals surface area (Å²) in [5.74, 6) is 0.743. The second-order valence-corrected chi connectivity index (χ2v) is 3.93. The Hall–Kier alpha value is -0.349. The molecule has 0 amide bonds. The quantitative estimate of drug-likeness (QED) is 0.661. The van der Waals surface area contributed by atoms with Crippen molar-refractivity contribution in [1.82, 2.24) is 14.8 Å². The molecule has 9 heteroatoms. The molecule has 0 atom stereocenters. The Morgan fingerprint density at radius 1 is 1.30 bits per heavy atom. The number of hydrogen-bond acceptors (Lipinski definition) is 3. The van der Waals surface area contributed by atoms with Gasteiger partial charge in [-0.25, -0.2) is 9.67 Å². The summed E-state index contributed by atoms with van der Waals surface area (Å²) in [5, 5.41) is 3.95. The first kappa shape index (κ1) is 17.7. The van der Waals surface area contributed by atoms with Crippen molar-refractivity contribution in [3.8, 4) is 5.75 Å². The smallest absolute Gasteiger partial charge is 0.486 e. The van der Waals surface area contributed by atoms with E-state index >= 15 is 0 Å². The summed E-state index contributed by atoms with van der Waals surface area (Å²) in [5.41, 5.74) is -0.672. The minimum absolute atomic E-state index is 0. The summed E-state index contributed by atoms with van der Waals surface area (Å²) >= 11 is 0. The summed E-state index contributed by atoms with van der Waals surface area (Å²) in [4.78, 5) is 3.98. The Labute approximate surface area is 157 Å². The van der Waals surface area contributed by atoms with Gasteiger partial charge in [-0.05, 0) is 19.1 Å². The number of rotatable bonds is 5. The van der Waals surface area contributed by atoms with E-state index < -0.39 is 12.4 Å². The second kappa shape index (κ2) is 7.60. The SMILES string of the molecule is CCn1ncnc1COc1cccc([B-](F)(F)F)c1.[K+]. The Bertz CT molecular complexity index is 562. The number of nitrogens with zero attached hydrogens (tertiary/aromatic N) is 3. The number of aromatic nitrogens is 3. The standard InChI is InChI=1S/C11H12BF3N3O.K/c1-2-18-11(16-8-17-18)7-19-10-5-3-4-9(6-10)12(13,14)15;/h3-6,8H,2,7H2,1H3;/q-1;+1. The molecule has 0 spiro atoms. The fraction of sp³-hybridized carbons (Fsp3) is 0.273. The minimum atomic E-state index is -5.01. The molecule has 0 fully saturated rings. The maximum Gasteiger partial charge on any atom is 1.00 e. The molecule has 20 heavy (non-hydrogen) atoms. The number of ether oxygens (including phenoxy) is 1. The number of aryl methyl sites for hydroxylation is 1. The van der Waals surface area contributed by atoms with Gasteiger partial charge in [-0.1, -0.05) is 12.1 Å². The molecule has 0 saturated carbocycles. The summed E-state index contributed by atoms with van der Waals surface area (Å²) in [6.45, 7) is -2.40. The van der Waals surface area contributed by atoms with Crippen molar-refractivity contribution in [2.45, 2.75) is 20.1 Å². The first-order chi connectivity index (χ1) is 9.00. The topological polar surface area (TPSA) is 39.9 Å². The molecule has 0 bridgehead atoms. The molecule has 0 radical (unpaired) electrons. The van der Waals surface area contributed by atoms with E-state index in [9.17, 15) is 12.9 Å². The molecule has 0 saturated heterocycles. The third-order valence-electron chi connectivity index (χ3n) is 2.60. The molecule has 0 unspecified atom stereocenters.